The summed E-state index contributed by atoms with van der Waals surface area (Å²) in [7, 11) is 0. The monoisotopic (exact) mass is 319 g/mol. The summed E-state index contributed by atoms with van der Waals surface area (Å²) in [5, 5.41) is 0. The second kappa shape index (κ2) is 7.82. The highest BCUT2D eigenvalue weighted by molar-refractivity contribution is 5.69. The summed E-state index contributed by atoms with van der Waals surface area (Å²) in [6.07, 6.45) is 2.79. The molecule has 1 aromatic rings. The first-order valence-electron chi connectivity index (χ1n) is 8.50. The molecule has 0 spiro atoms. The highest BCUT2D eigenvalue weighted by Gasteiger charge is 2.35. The van der Waals surface area contributed by atoms with E-state index in [4.69, 9.17) is 9.47 Å². The molecule has 1 heterocycles. The number of benzene rings is 1. The fourth-order valence-electron chi connectivity index (χ4n) is 2.85. The Hall–Kier alpha value is -1.55. The van der Waals surface area contributed by atoms with Crippen LogP contribution in [0.2, 0.25) is 0 Å². The molecule has 1 saturated heterocycles. The molecule has 1 aliphatic rings. The molecule has 0 radical (unpaired) electrons. The molecule has 4 heteroatoms. The van der Waals surface area contributed by atoms with Crippen molar-refractivity contribution in [1.29, 1.82) is 0 Å². The van der Waals surface area contributed by atoms with Crippen LogP contribution >= 0.6 is 0 Å². The number of hydrogen-bond acceptors (Lipinski definition) is 3. The first kappa shape index (κ1) is 17.8. The predicted octanol–water partition coefficient (Wildman–Crippen LogP) is 4.03. The van der Waals surface area contributed by atoms with Crippen LogP contribution in [0.15, 0.2) is 30.3 Å². The van der Waals surface area contributed by atoms with Gasteiger partial charge in [-0.2, -0.15) is 0 Å². The second-order valence-electron chi connectivity index (χ2n) is 7.30. The van der Waals surface area contributed by atoms with Gasteiger partial charge in [0.15, 0.2) is 0 Å². The molecular weight excluding hydrogens is 290 g/mol. The van der Waals surface area contributed by atoms with Gasteiger partial charge in [-0.3, -0.25) is 0 Å². The molecular formula is C19H29NO3. The van der Waals surface area contributed by atoms with E-state index >= 15 is 0 Å². The van der Waals surface area contributed by atoms with E-state index < -0.39 is 5.60 Å². The maximum atomic E-state index is 12.2. The molecule has 0 aromatic heterocycles. The van der Waals surface area contributed by atoms with Gasteiger partial charge in [-0.05, 0) is 52.5 Å². The average molecular weight is 319 g/mol. The number of amides is 1. The van der Waals surface area contributed by atoms with Crippen molar-refractivity contribution in [2.45, 2.75) is 64.7 Å². The SMILES string of the molecule is CC1CC(OCCCc2ccccc2)CN1C(=O)OC(C)(C)C. The van der Waals surface area contributed by atoms with Gasteiger partial charge in [0.05, 0.1) is 12.6 Å². The van der Waals surface area contributed by atoms with Crippen molar-refractivity contribution in [2.24, 2.45) is 0 Å². The highest BCUT2D eigenvalue weighted by atomic mass is 16.6. The lowest BCUT2D eigenvalue weighted by Gasteiger charge is -2.26. The van der Waals surface area contributed by atoms with Crippen LogP contribution in [0.1, 0.15) is 46.1 Å². The van der Waals surface area contributed by atoms with Gasteiger partial charge in [0.1, 0.15) is 5.60 Å². The van der Waals surface area contributed by atoms with Crippen molar-refractivity contribution in [1.82, 2.24) is 4.90 Å². The summed E-state index contributed by atoms with van der Waals surface area (Å²) < 4.78 is 11.4. The third-order valence-corrected chi connectivity index (χ3v) is 3.97. The van der Waals surface area contributed by atoms with E-state index in [0.717, 1.165) is 25.9 Å². The Morgan fingerprint density at radius 2 is 1.96 bits per heavy atom. The fraction of sp³-hybridized carbons (Fsp3) is 0.632. The second-order valence-corrected chi connectivity index (χ2v) is 7.30. The number of hydrogen-bond donors (Lipinski definition) is 0. The Morgan fingerprint density at radius 3 is 2.61 bits per heavy atom. The minimum Gasteiger partial charge on any atom is -0.444 e. The van der Waals surface area contributed by atoms with Crippen molar-refractivity contribution >= 4 is 6.09 Å². The Balaban J connectivity index is 1.70. The summed E-state index contributed by atoms with van der Waals surface area (Å²) in [4.78, 5) is 14.0. The van der Waals surface area contributed by atoms with Gasteiger partial charge in [-0.1, -0.05) is 30.3 Å². The lowest BCUT2D eigenvalue weighted by molar-refractivity contribution is 0.0174. The molecule has 0 N–H and O–H groups in total. The third-order valence-electron chi connectivity index (χ3n) is 3.97. The van der Waals surface area contributed by atoms with Crippen LogP contribution in [-0.4, -0.2) is 41.9 Å². The van der Waals surface area contributed by atoms with Crippen LogP contribution in [-0.2, 0) is 15.9 Å². The predicted molar refractivity (Wildman–Crippen MR) is 91.5 cm³/mol. The van der Waals surface area contributed by atoms with Gasteiger partial charge >= 0.3 is 6.09 Å². The van der Waals surface area contributed by atoms with Crippen LogP contribution in [0.25, 0.3) is 0 Å². The highest BCUT2D eigenvalue weighted by Crippen LogP contribution is 2.23. The van der Waals surface area contributed by atoms with E-state index in [1.54, 1.807) is 4.90 Å². The molecule has 1 fully saturated rings. The minimum atomic E-state index is -0.453. The molecule has 1 amide bonds. The van der Waals surface area contributed by atoms with Crippen LogP contribution in [0.3, 0.4) is 0 Å². The molecule has 2 rings (SSSR count). The molecule has 2 atom stereocenters. The molecule has 0 aliphatic carbocycles. The Bertz CT molecular complexity index is 495. The smallest absolute Gasteiger partial charge is 0.410 e. The largest absolute Gasteiger partial charge is 0.444 e. The molecule has 4 nitrogen and oxygen atoms in total. The minimum absolute atomic E-state index is 0.119. The molecule has 1 aliphatic heterocycles. The average Bonchev–Trinajstić information content (AvgIpc) is 2.84. The maximum Gasteiger partial charge on any atom is 0.410 e. The van der Waals surface area contributed by atoms with Gasteiger partial charge in [-0.25, -0.2) is 4.79 Å². The lowest BCUT2D eigenvalue weighted by Crippen LogP contribution is -2.39. The van der Waals surface area contributed by atoms with Crippen LogP contribution < -0.4 is 0 Å². The summed E-state index contributed by atoms with van der Waals surface area (Å²) in [5.41, 5.74) is 0.886. The van der Waals surface area contributed by atoms with Gasteiger partial charge in [-0.15, -0.1) is 0 Å². The number of nitrogens with zero attached hydrogens (tertiary/aromatic N) is 1. The first-order valence-corrected chi connectivity index (χ1v) is 8.50. The Kier molecular flexibility index (Phi) is 6.05. The van der Waals surface area contributed by atoms with E-state index in [1.165, 1.54) is 5.56 Å². The van der Waals surface area contributed by atoms with E-state index in [2.05, 4.69) is 31.2 Å². The summed E-state index contributed by atoms with van der Waals surface area (Å²) in [5.74, 6) is 0. The van der Waals surface area contributed by atoms with Gasteiger partial charge < -0.3 is 14.4 Å². The quantitative estimate of drug-likeness (QED) is 0.769. The summed E-state index contributed by atoms with van der Waals surface area (Å²) >= 11 is 0. The number of aryl methyl sites for hydroxylation is 1. The number of rotatable bonds is 5. The van der Waals surface area contributed by atoms with Gasteiger partial charge in [0.25, 0.3) is 0 Å². The molecule has 0 saturated carbocycles. The zero-order chi connectivity index (χ0) is 16.9. The van der Waals surface area contributed by atoms with E-state index in [0.29, 0.717) is 6.54 Å². The van der Waals surface area contributed by atoms with Crippen LogP contribution in [0, 0.1) is 0 Å². The number of likely N-dealkylation sites (tertiary alicyclic amines) is 1. The standard InChI is InChI=1S/C19H29NO3/c1-15-13-17(14-20(15)18(21)23-19(2,3)4)22-12-8-11-16-9-6-5-7-10-16/h5-7,9-10,15,17H,8,11-14H2,1-4H3. The summed E-state index contributed by atoms with van der Waals surface area (Å²) in [6.45, 7) is 9.09. The van der Waals surface area contributed by atoms with Crippen molar-refractivity contribution in [3.05, 3.63) is 35.9 Å². The van der Waals surface area contributed by atoms with E-state index in [1.807, 2.05) is 26.8 Å². The van der Waals surface area contributed by atoms with E-state index in [9.17, 15) is 4.79 Å². The van der Waals surface area contributed by atoms with Gasteiger partial charge in [0, 0.05) is 12.6 Å². The lowest BCUT2D eigenvalue weighted by atomic mass is 10.1. The van der Waals surface area contributed by atoms with Crippen molar-refractivity contribution in [3.8, 4) is 0 Å². The number of carbonyl (C=O) groups excluding carboxylic acids is 1. The van der Waals surface area contributed by atoms with Crippen LogP contribution in [0.5, 0.6) is 0 Å². The number of ether oxygens (including phenoxy) is 2. The first-order chi connectivity index (χ1) is 10.8. The molecule has 0 bridgehead atoms. The topological polar surface area (TPSA) is 38.8 Å². The Morgan fingerprint density at radius 1 is 1.26 bits per heavy atom. The maximum absolute atomic E-state index is 12.2. The fourth-order valence-corrected chi connectivity index (χ4v) is 2.85. The third kappa shape index (κ3) is 5.87. The normalized spacial score (nSPS) is 21.5. The zero-order valence-electron chi connectivity index (χ0n) is 14.7. The van der Waals surface area contributed by atoms with Crippen molar-refractivity contribution in [3.63, 3.8) is 0 Å². The van der Waals surface area contributed by atoms with Gasteiger partial charge in [0.2, 0.25) is 0 Å². The molecule has 23 heavy (non-hydrogen) atoms. The number of carbonyl (C=O) groups is 1. The van der Waals surface area contributed by atoms with Crippen LogP contribution in [0.4, 0.5) is 4.79 Å². The molecule has 1 aromatic carbocycles. The van der Waals surface area contributed by atoms with E-state index in [-0.39, 0.29) is 18.2 Å². The molecule has 128 valence electrons. The summed E-state index contributed by atoms with van der Waals surface area (Å²) in [6, 6.07) is 10.6. The molecule has 2 unspecified atom stereocenters. The zero-order valence-corrected chi connectivity index (χ0v) is 14.7. The van der Waals surface area contributed by atoms with Crippen molar-refractivity contribution in [2.75, 3.05) is 13.2 Å². The van der Waals surface area contributed by atoms with Crippen molar-refractivity contribution < 1.29 is 14.3 Å². The Labute approximate surface area is 139 Å².